The van der Waals surface area contributed by atoms with E-state index in [2.05, 4.69) is 0 Å². The molecule has 1 aromatic carbocycles. The molecule has 0 aliphatic heterocycles. The second kappa shape index (κ2) is 3.01. The largest absolute Gasteiger partial charge is 0.298 e. The molecule has 0 fully saturated rings. The number of benzene rings is 1. The van der Waals surface area contributed by atoms with Gasteiger partial charge in [-0.25, -0.2) is 4.39 Å². The Kier molecular flexibility index (Phi) is 2.25. The van der Waals surface area contributed by atoms with Gasteiger partial charge in [0.1, 0.15) is 5.82 Å². The van der Waals surface area contributed by atoms with Gasteiger partial charge in [-0.05, 0) is 24.6 Å². The quantitative estimate of drug-likeness (QED) is 0.595. The van der Waals surface area contributed by atoms with Crippen LogP contribution in [0.2, 0.25) is 5.02 Å². The third-order valence-corrected chi connectivity index (χ3v) is 1.84. The molecule has 11 heavy (non-hydrogen) atoms. The molecule has 0 saturated carbocycles. The van der Waals surface area contributed by atoms with Crippen molar-refractivity contribution in [1.29, 1.82) is 0 Å². The van der Waals surface area contributed by atoms with Crippen LogP contribution in [0.1, 0.15) is 15.9 Å². The highest BCUT2D eigenvalue weighted by Crippen LogP contribution is 2.19. The van der Waals surface area contributed by atoms with Gasteiger partial charge in [-0.3, -0.25) is 4.79 Å². The molecule has 0 unspecified atom stereocenters. The molecular formula is C8H6ClFO. The monoisotopic (exact) mass is 172 g/mol. The number of hydrogen-bond donors (Lipinski definition) is 0. The first-order valence-electron chi connectivity index (χ1n) is 3.06. The zero-order valence-corrected chi connectivity index (χ0v) is 6.65. The van der Waals surface area contributed by atoms with Gasteiger partial charge in [0.25, 0.3) is 0 Å². The van der Waals surface area contributed by atoms with Crippen LogP contribution < -0.4 is 0 Å². The average molecular weight is 173 g/mol. The Morgan fingerprint density at radius 1 is 1.55 bits per heavy atom. The Balaban J connectivity index is 3.40. The molecule has 1 aromatic rings. The van der Waals surface area contributed by atoms with Crippen molar-refractivity contribution < 1.29 is 9.18 Å². The Morgan fingerprint density at radius 3 is 2.64 bits per heavy atom. The summed E-state index contributed by atoms with van der Waals surface area (Å²) in [6, 6.07) is 2.61. The summed E-state index contributed by atoms with van der Waals surface area (Å²) in [4.78, 5) is 10.3. The van der Waals surface area contributed by atoms with Crippen molar-refractivity contribution in [3.8, 4) is 0 Å². The maximum Gasteiger partial charge on any atom is 0.151 e. The van der Waals surface area contributed by atoms with Gasteiger partial charge in [0.05, 0.1) is 5.02 Å². The van der Waals surface area contributed by atoms with E-state index in [1.54, 1.807) is 0 Å². The van der Waals surface area contributed by atoms with Crippen molar-refractivity contribution in [2.75, 3.05) is 0 Å². The van der Waals surface area contributed by atoms with Crippen LogP contribution in [-0.2, 0) is 0 Å². The lowest BCUT2D eigenvalue weighted by Crippen LogP contribution is -1.91. The first kappa shape index (κ1) is 8.21. The normalized spacial score (nSPS) is 9.73. The lowest BCUT2D eigenvalue weighted by atomic mass is 10.1. The third kappa shape index (κ3) is 1.40. The molecule has 0 amide bonds. The fourth-order valence-corrected chi connectivity index (χ4v) is 1.06. The molecule has 0 radical (unpaired) electrons. The van der Waals surface area contributed by atoms with Gasteiger partial charge in [0, 0.05) is 5.56 Å². The summed E-state index contributed by atoms with van der Waals surface area (Å²) in [5, 5.41) is 0.291. The average Bonchev–Trinajstić information content (AvgIpc) is 1.99. The van der Waals surface area contributed by atoms with Crippen LogP contribution in [-0.4, -0.2) is 6.29 Å². The van der Waals surface area contributed by atoms with Gasteiger partial charge < -0.3 is 0 Å². The Morgan fingerprint density at radius 2 is 2.18 bits per heavy atom. The van der Waals surface area contributed by atoms with Crippen molar-refractivity contribution in [3.63, 3.8) is 0 Å². The second-order valence-electron chi connectivity index (χ2n) is 2.19. The molecule has 0 heterocycles. The van der Waals surface area contributed by atoms with Gasteiger partial charge in [-0.1, -0.05) is 11.6 Å². The minimum atomic E-state index is -0.406. The predicted octanol–water partition coefficient (Wildman–Crippen LogP) is 2.60. The molecule has 0 bridgehead atoms. The summed E-state index contributed by atoms with van der Waals surface area (Å²) in [6.45, 7) is 1.52. The van der Waals surface area contributed by atoms with Gasteiger partial charge in [0.15, 0.2) is 6.29 Å². The molecule has 0 atom stereocenters. The van der Waals surface area contributed by atoms with Crippen LogP contribution >= 0.6 is 11.6 Å². The minimum Gasteiger partial charge on any atom is -0.298 e. The minimum absolute atomic E-state index is 0.228. The molecule has 0 aliphatic rings. The van der Waals surface area contributed by atoms with Gasteiger partial charge >= 0.3 is 0 Å². The van der Waals surface area contributed by atoms with Crippen molar-refractivity contribution in [2.24, 2.45) is 0 Å². The topological polar surface area (TPSA) is 17.1 Å². The van der Waals surface area contributed by atoms with E-state index < -0.39 is 5.82 Å². The fourth-order valence-electron chi connectivity index (χ4n) is 0.814. The van der Waals surface area contributed by atoms with E-state index in [0.29, 0.717) is 16.9 Å². The highest BCUT2D eigenvalue weighted by Gasteiger charge is 2.06. The van der Waals surface area contributed by atoms with Crippen LogP contribution in [0.25, 0.3) is 0 Å². The van der Waals surface area contributed by atoms with Gasteiger partial charge in [-0.2, -0.15) is 0 Å². The van der Waals surface area contributed by atoms with Gasteiger partial charge in [-0.15, -0.1) is 0 Å². The first-order chi connectivity index (χ1) is 5.16. The molecule has 0 saturated heterocycles. The molecule has 3 heteroatoms. The van der Waals surface area contributed by atoms with Crippen molar-refractivity contribution in [1.82, 2.24) is 0 Å². The predicted molar refractivity (Wildman–Crippen MR) is 41.5 cm³/mol. The lowest BCUT2D eigenvalue weighted by Gasteiger charge is -2.00. The summed E-state index contributed by atoms with van der Waals surface area (Å²) < 4.78 is 12.7. The first-order valence-corrected chi connectivity index (χ1v) is 3.44. The number of carbonyl (C=O) groups excluding carboxylic acids is 1. The smallest absolute Gasteiger partial charge is 0.151 e. The standard InChI is InChI=1S/C8H6ClFO/c1-5-6(4-11)7(9)2-3-8(5)10/h2-4H,1H3. The number of rotatable bonds is 1. The highest BCUT2D eigenvalue weighted by atomic mass is 35.5. The van der Waals surface area contributed by atoms with Crippen LogP contribution in [0.3, 0.4) is 0 Å². The molecule has 0 aromatic heterocycles. The van der Waals surface area contributed by atoms with E-state index >= 15 is 0 Å². The summed E-state index contributed by atoms with van der Waals surface area (Å²) in [5.74, 6) is -0.406. The van der Waals surface area contributed by atoms with Crippen LogP contribution in [0.5, 0.6) is 0 Å². The molecular weight excluding hydrogens is 167 g/mol. The third-order valence-electron chi connectivity index (χ3n) is 1.51. The van der Waals surface area contributed by atoms with Crippen molar-refractivity contribution in [2.45, 2.75) is 6.92 Å². The van der Waals surface area contributed by atoms with E-state index in [1.165, 1.54) is 19.1 Å². The summed E-state index contributed by atoms with van der Waals surface area (Å²) >= 11 is 5.60. The van der Waals surface area contributed by atoms with E-state index in [4.69, 9.17) is 11.6 Å². The molecule has 0 aliphatic carbocycles. The summed E-state index contributed by atoms with van der Waals surface area (Å²) in [5.41, 5.74) is 0.527. The molecule has 0 spiro atoms. The fraction of sp³-hybridized carbons (Fsp3) is 0.125. The van der Waals surface area contributed by atoms with Crippen LogP contribution in [0.4, 0.5) is 4.39 Å². The molecule has 58 valence electrons. The van der Waals surface area contributed by atoms with Crippen molar-refractivity contribution in [3.05, 3.63) is 34.1 Å². The summed E-state index contributed by atoms with van der Waals surface area (Å²) in [6.07, 6.45) is 0.556. The number of carbonyl (C=O) groups is 1. The van der Waals surface area contributed by atoms with E-state index in [1.807, 2.05) is 0 Å². The Bertz CT molecular complexity index is 296. The number of hydrogen-bond acceptors (Lipinski definition) is 1. The van der Waals surface area contributed by atoms with Crippen molar-refractivity contribution >= 4 is 17.9 Å². The molecule has 0 N–H and O–H groups in total. The van der Waals surface area contributed by atoms with Crippen LogP contribution in [0.15, 0.2) is 12.1 Å². The number of halogens is 2. The maximum atomic E-state index is 12.7. The SMILES string of the molecule is Cc1c(F)ccc(Cl)c1C=O. The molecule has 1 nitrogen and oxygen atoms in total. The Labute approximate surface area is 68.8 Å². The zero-order chi connectivity index (χ0) is 8.43. The van der Waals surface area contributed by atoms with E-state index in [0.717, 1.165) is 0 Å². The van der Waals surface area contributed by atoms with Crippen LogP contribution in [0, 0.1) is 12.7 Å². The molecule has 1 rings (SSSR count). The lowest BCUT2D eigenvalue weighted by molar-refractivity contribution is 0.112. The highest BCUT2D eigenvalue weighted by molar-refractivity contribution is 6.33. The second-order valence-corrected chi connectivity index (χ2v) is 2.59. The van der Waals surface area contributed by atoms with Gasteiger partial charge in [0.2, 0.25) is 0 Å². The van der Waals surface area contributed by atoms with E-state index in [9.17, 15) is 9.18 Å². The zero-order valence-electron chi connectivity index (χ0n) is 5.90. The van der Waals surface area contributed by atoms with E-state index in [-0.39, 0.29) is 5.56 Å². The number of aldehydes is 1. The Hall–Kier alpha value is -0.890. The summed E-state index contributed by atoms with van der Waals surface area (Å²) in [7, 11) is 0. The maximum absolute atomic E-state index is 12.7.